The van der Waals surface area contributed by atoms with E-state index in [9.17, 15) is 20.1 Å². The average molecular weight is 383 g/mol. The molecule has 0 saturated heterocycles. The van der Waals surface area contributed by atoms with Crippen molar-refractivity contribution in [3.05, 3.63) is 0 Å². The van der Waals surface area contributed by atoms with Crippen LogP contribution in [0.1, 0.15) is 98.8 Å². The molecule has 0 aromatic heterocycles. The van der Waals surface area contributed by atoms with Crippen LogP contribution in [0.2, 0.25) is 0 Å². The lowest BCUT2D eigenvalue weighted by molar-refractivity contribution is -0.130. The molecule has 0 bridgehead atoms. The van der Waals surface area contributed by atoms with Crippen LogP contribution in [0.15, 0.2) is 0 Å². The number of fused-ring (bicyclic) bond motifs is 1. The summed E-state index contributed by atoms with van der Waals surface area (Å²) in [6.45, 7) is 9.35. The van der Waals surface area contributed by atoms with Gasteiger partial charge in [0.15, 0.2) is 0 Å². The van der Waals surface area contributed by atoms with Crippen LogP contribution in [-0.2, 0) is 4.79 Å². The van der Waals surface area contributed by atoms with Crippen LogP contribution in [0.4, 0.5) is 0 Å². The van der Waals surface area contributed by atoms with Gasteiger partial charge in [0.05, 0.1) is 17.3 Å². The van der Waals surface area contributed by atoms with E-state index in [0.717, 1.165) is 57.8 Å². The molecule has 2 fully saturated rings. The zero-order chi connectivity index (χ0) is 20.5. The van der Waals surface area contributed by atoms with Gasteiger partial charge in [-0.25, -0.2) is 0 Å². The highest BCUT2D eigenvalue weighted by atomic mass is 16.3. The summed E-state index contributed by atoms with van der Waals surface area (Å²) in [4.78, 5) is 12.5. The lowest BCUT2D eigenvalue weighted by Gasteiger charge is -2.43. The molecule has 4 heteroatoms. The smallest absolute Gasteiger partial charge is 0.136 e. The Kier molecular flexibility index (Phi) is 7.19. The average Bonchev–Trinajstić information content (AvgIpc) is 2.86. The molecule has 3 N–H and O–H groups in total. The second-order valence-corrected chi connectivity index (χ2v) is 10.8. The first-order valence-electron chi connectivity index (χ1n) is 11.0. The Hall–Kier alpha value is -0.450. The predicted molar refractivity (Wildman–Crippen MR) is 108 cm³/mol. The molecule has 2 rings (SSSR count). The van der Waals surface area contributed by atoms with Crippen molar-refractivity contribution in [2.45, 2.75) is 116 Å². The van der Waals surface area contributed by atoms with E-state index in [1.54, 1.807) is 13.8 Å². The highest BCUT2D eigenvalue weighted by molar-refractivity contribution is 5.83. The van der Waals surface area contributed by atoms with Gasteiger partial charge in [-0.05, 0) is 89.9 Å². The summed E-state index contributed by atoms with van der Waals surface area (Å²) >= 11 is 0. The van der Waals surface area contributed by atoms with Gasteiger partial charge in [-0.15, -0.1) is 0 Å². The molecule has 158 valence electrons. The third kappa shape index (κ3) is 5.77. The van der Waals surface area contributed by atoms with E-state index in [4.69, 9.17) is 0 Å². The van der Waals surface area contributed by atoms with E-state index < -0.39 is 17.3 Å². The Morgan fingerprint density at radius 1 is 1.11 bits per heavy atom. The van der Waals surface area contributed by atoms with Crippen LogP contribution < -0.4 is 0 Å². The van der Waals surface area contributed by atoms with Crippen LogP contribution in [0.25, 0.3) is 0 Å². The summed E-state index contributed by atoms with van der Waals surface area (Å²) in [7, 11) is 0. The van der Waals surface area contributed by atoms with Crippen LogP contribution in [0.5, 0.6) is 0 Å². The minimum atomic E-state index is -1.08. The molecule has 2 aliphatic rings. The van der Waals surface area contributed by atoms with Crippen molar-refractivity contribution in [1.29, 1.82) is 0 Å². The lowest BCUT2D eigenvalue weighted by Crippen LogP contribution is -2.41. The first-order valence-corrected chi connectivity index (χ1v) is 11.0. The van der Waals surface area contributed by atoms with Gasteiger partial charge < -0.3 is 15.3 Å². The van der Waals surface area contributed by atoms with Crippen molar-refractivity contribution in [3.63, 3.8) is 0 Å². The van der Waals surface area contributed by atoms with Gasteiger partial charge in [0.25, 0.3) is 0 Å². The second-order valence-electron chi connectivity index (χ2n) is 10.8. The van der Waals surface area contributed by atoms with E-state index >= 15 is 0 Å². The van der Waals surface area contributed by atoms with Gasteiger partial charge in [-0.3, -0.25) is 4.79 Å². The van der Waals surface area contributed by atoms with Crippen molar-refractivity contribution >= 4 is 5.78 Å². The first kappa shape index (κ1) is 22.8. The standard InChI is InChI=1S/C23H42O4/c1-21(2,26)14-6-8-16(10-13-20(25)22(3,4)27)17-11-12-18-19(24)9-7-15-23(17,18)5/h16-18,20,25-27H,6-15H2,1-5H3/t16-,17+,18?,20?,23+/m0/s1. The number of aliphatic hydroxyl groups is 3. The number of hydrogen-bond acceptors (Lipinski definition) is 4. The van der Waals surface area contributed by atoms with Gasteiger partial charge in [-0.1, -0.05) is 19.8 Å². The zero-order valence-corrected chi connectivity index (χ0v) is 18.1. The van der Waals surface area contributed by atoms with E-state index in [-0.39, 0.29) is 11.3 Å². The number of carbonyl (C=O) groups is 1. The van der Waals surface area contributed by atoms with Crippen LogP contribution in [0.3, 0.4) is 0 Å². The molecule has 0 heterocycles. The fourth-order valence-corrected chi connectivity index (χ4v) is 5.81. The molecule has 0 aromatic rings. The van der Waals surface area contributed by atoms with Gasteiger partial charge in [-0.2, -0.15) is 0 Å². The Balaban J connectivity index is 2.09. The van der Waals surface area contributed by atoms with E-state index in [0.29, 0.717) is 24.0 Å². The summed E-state index contributed by atoms with van der Waals surface area (Å²) in [5.74, 6) is 1.61. The van der Waals surface area contributed by atoms with E-state index in [1.165, 1.54) is 0 Å². The maximum absolute atomic E-state index is 12.5. The summed E-state index contributed by atoms with van der Waals surface area (Å²) in [6, 6.07) is 0. The summed E-state index contributed by atoms with van der Waals surface area (Å²) in [5, 5.41) is 30.5. The molecular formula is C23H42O4. The van der Waals surface area contributed by atoms with Crippen molar-refractivity contribution in [3.8, 4) is 0 Å². The molecule has 0 radical (unpaired) electrons. The van der Waals surface area contributed by atoms with Crippen molar-refractivity contribution < 1.29 is 20.1 Å². The molecule has 2 unspecified atom stereocenters. The summed E-state index contributed by atoms with van der Waals surface area (Å²) < 4.78 is 0. The molecule has 0 aliphatic heterocycles. The Morgan fingerprint density at radius 2 is 1.78 bits per heavy atom. The van der Waals surface area contributed by atoms with Crippen LogP contribution >= 0.6 is 0 Å². The number of ketones is 1. The third-order valence-corrected chi connectivity index (χ3v) is 7.50. The number of aliphatic hydroxyl groups excluding tert-OH is 1. The minimum Gasteiger partial charge on any atom is -0.390 e. The van der Waals surface area contributed by atoms with Crippen molar-refractivity contribution in [1.82, 2.24) is 0 Å². The molecule has 0 amide bonds. The Bertz CT molecular complexity index is 501. The highest BCUT2D eigenvalue weighted by Crippen LogP contribution is 2.58. The monoisotopic (exact) mass is 382 g/mol. The largest absolute Gasteiger partial charge is 0.390 e. The molecule has 27 heavy (non-hydrogen) atoms. The highest BCUT2D eigenvalue weighted by Gasteiger charge is 2.52. The van der Waals surface area contributed by atoms with E-state index in [1.807, 2.05) is 13.8 Å². The maximum atomic E-state index is 12.5. The third-order valence-electron chi connectivity index (χ3n) is 7.50. The van der Waals surface area contributed by atoms with Crippen LogP contribution in [0, 0.1) is 23.2 Å². The summed E-state index contributed by atoms with van der Waals surface area (Å²) in [5.41, 5.74) is -1.64. The topological polar surface area (TPSA) is 77.8 Å². The Morgan fingerprint density at radius 3 is 2.37 bits per heavy atom. The number of carbonyl (C=O) groups excluding carboxylic acids is 1. The maximum Gasteiger partial charge on any atom is 0.136 e. The SMILES string of the molecule is CC(C)(O)CCC[C@@H](CCC(O)C(C)(C)O)[C@H]1CCC2C(=O)CCC[C@@]21C. The fraction of sp³-hybridized carbons (Fsp3) is 0.957. The lowest BCUT2D eigenvalue weighted by atomic mass is 9.61. The molecule has 0 spiro atoms. The minimum absolute atomic E-state index is 0.0917. The molecule has 2 saturated carbocycles. The summed E-state index contributed by atoms with van der Waals surface area (Å²) in [6.07, 6.45) is 8.45. The number of rotatable bonds is 9. The Labute approximate surface area is 165 Å². The molecule has 5 atom stereocenters. The van der Waals surface area contributed by atoms with Gasteiger partial charge >= 0.3 is 0 Å². The predicted octanol–water partition coefficient (Wildman–Crippen LogP) is 4.24. The molecule has 4 nitrogen and oxygen atoms in total. The molecular weight excluding hydrogens is 340 g/mol. The van der Waals surface area contributed by atoms with Crippen LogP contribution in [-0.4, -0.2) is 38.4 Å². The van der Waals surface area contributed by atoms with E-state index in [2.05, 4.69) is 6.92 Å². The van der Waals surface area contributed by atoms with Gasteiger partial charge in [0.2, 0.25) is 0 Å². The quantitative estimate of drug-likeness (QED) is 0.557. The van der Waals surface area contributed by atoms with Crippen molar-refractivity contribution in [2.24, 2.45) is 23.2 Å². The zero-order valence-electron chi connectivity index (χ0n) is 18.1. The number of Topliss-reactive ketones (excluding diaryl/α,β-unsaturated/α-hetero) is 1. The molecule has 0 aromatic carbocycles. The normalized spacial score (nSPS) is 31.6. The second kappa shape index (κ2) is 8.51. The fourth-order valence-electron chi connectivity index (χ4n) is 5.81. The molecule has 2 aliphatic carbocycles. The van der Waals surface area contributed by atoms with Crippen molar-refractivity contribution in [2.75, 3.05) is 0 Å². The number of hydrogen-bond donors (Lipinski definition) is 3. The van der Waals surface area contributed by atoms with Gasteiger partial charge in [0, 0.05) is 12.3 Å². The van der Waals surface area contributed by atoms with Gasteiger partial charge in [0.1, 0.15) is 5.78 Å². The first-order chi connectivity index (χ1) is 12.3.